The first-order chi connectivity index (χ1) is 12.2. The molecule has 0 aliphatic carbocycles. The number of rotatable bonds is 6. The van der Waals surface area contributed by atoms with E-state index >= 15 is 0 Å². The summed E-state index contributed by atoms with van der Waals surface area (Å²) in [4.78, 5) is 20.6. The molecule has 0 radical (unpaired) electrons. The number of nitrogens with zero attached hydrogens (tertiary/aromatic N) is 2. The van der Waals surface area contributed by atoms with Gasteiger partial charge in [-0.3, -0.25) is 10.1 Å². The number of carbonyl (C=O) groups excluding carboxylic acids is 1. The fourth-order valence-electron chi connectivity index (χ4n) is 2.13. The number of hydrogen-bond donors (Lipinski definition) is 1. The maximum Gasteiger partial charge on any atom is 0.260 e. The van der Waals surface area contributed by atoms with Crippen molar-refractivity contribution in [2.45, 2.75) is 13.3 Å². The molecule has 3 rings (SSSR count). The topological polar surface area (TPSA) is 64.1 Å². The average Bonchev–Trinajstić information content (AvgIpc) is 3.09. The van der Waals surface area contributed by atoms with Crippen molar-refractivity contribution in [2.24, 2.45) is 0 Å². The summed E-state index contributed by atoms with van der Waals surface area (Å²) in [6.07, 6.45) is 2.51. The van der Waals surface area contributed by atoms with Crippen LogP contribution < -0.4 is 10.1 Å². The molecule has 2 heterocycles. The summed E-state index contributed by atoms with van der Waals surface area (Å²) >= 11 is 7.29. The second-order valence-corrected chi connectivity index (χ2v) is 6.42. The van der Waals surface area contributed by atoms with Crippen molar-refractivity contribution in [2.75, 3.05) is 11.9 Å². The normalized spacial score (nSPS) is 10.5. The van der Waals surface area contributed by atoms with E-state index in [0.717, 1.165) is 23.4 Å². The highest BCUT2D eigenvalue weighted by Crippen LogP contribution is 2.27. The number of nitrogens with one attached hydrogen (secondary N) is 1. The van der Waals surface area contributed by atoms with Crippen LogP contribution in [0.15, 0.2) is 48.0 Å². The number of ether oxygens (including phenoxy) is 1. The fourth-order valence-corrected chi connectivity index (χ4v) is 3.05. The summed E-state index contributed by atoms with van der Waals surface area (Å²) in [5.74, 6) is 0.503. The third kappa shape index (κ3) is 4.35. The Bertz CT molecular complexity index is 865. The smallest absolute Gasteiger partial charge is 0.260 e. The Kier molecular flexibility index (Phi) is 5.63. The number of thiazole rings is 1. The molecule has 0 fully saturated rings. The van der Waals surface area contributed by atoms with Gasteiger partial charge in [0.2, 0.25) is 0 Å². The van der Waals surface area contributed by atoms with E-state index in [0.29, 0.717) is 17.3 Å². The Labute approximate surface area is 154 Å². The van der Waals surface area contributed by atoms with Crippen molar-refractivity contribution in [3.05, 3.63) is 58.7 Å². The molecule has 0 saturated carbocycles. The lowest BCUT2D eigenvalue weighted by Crippen LogP contribution is -2.12. The van der Waals surface area contributed by atoms with Gasteiger partial charge in [-0.05, 0) is 42.8 Å². The monoisotopic (exact) mass is 373 g/mol. The van der Waals surface area contributed by atoms with E-state index in [1.165, 1.54) is 17.5 Å². The number of pyridine rings is 1. The van der Waals surface area contributed by atoms with Gasteiger partial charge >= 0.3 is 0 Å². The van der Waals surface area contributed by atoms with Crippen molar-refractivity contribution in [3.8, 4) is 17.0 Å². The first-order valence-corrected chi connectivity index (χ1v) is 9.03. The van der Waals surface area contributed by atoms with E-state index in [9.17, 15) is 4.79 Å². The predicted molar refractivity (Wildman–Crippen MR) is 101 cm³/mol. The van der Waals surface area contributed by atoms with Gasteiger partial charge in [-0.15, -0.1) is 11.3 Å². The molecule has 128 valence electrons. The standard InChI is InChI=1S/C18H16ClN3O2S/c1-2-10-24-13-7-5-12(6-8-13)15-11-25-18(21-15)22-17(23)14-4-3-9-20-16(14)19/h3-9,11H,2,10H2,1H3,(H,21,22,23). The summed E-state index contributed by atoms with van der Waals surface area (Å²) in [5.41, 5.74) is 2.07. The molecule has 0 unspecified atom stereocenters. The molecule has 3 aromatic rings. The van der Waals surface area contributed by atoms with Crippen LogP contribution in [0.5, 0.6) is 5.75 Å². The molecule has 0 aliphatic heterocycles. The molecule has 1 amide bonds. The minimum Gasteiger partial charge on any atom is -0.494 e. The zero-order valence-electron chi connectivity index (χ0n) is 13.5. The lowest BCUT2D eigenvalue weighted by Gasteiger charge is -2.05. The van der Waals surface area contributed by atoms with Crippen LogP contribution in [0, 0.1) is 0 Å². The van der Waals surface area contributed by atoms with E-state index in [2.05, 4.69) is 22.2 Å². The highest BCUT2D eigenvalue weighted by atomic mass is 35.5. The van der Waals surface area contributed by atoms with Crippen molar-refractivity contribution in [3.63, 3.8) is 0 Å². The van der Waals surface area contributed by atoms with Gasteiger partial charge in [0.15, 0.2) is 5.13 Å². The molecular weight excluding hydrogens is 358 g/mol. The number of amides is 1. The molecule has 0 aliphatic rings. The van der Waals surface area contributed by atoms with Crippen LogP contribution >= 0.6 is 22.9 Å². The molecule has 0 bridgehead atoms. The zero-order chi connectivity index (χ0) is 17.6. The number of benzene rings is 1. The number of aromatic nitrogens is 2. The molecule has 0 saturated heterocycles. The van der Waals surface area contributed by atoms with Crippen LogP contribution in [0.1, 0.15) is 23.7 Å². The van der Waals surface area contributed by atoms with Crippen LogP contribution in [-0.4, -0.2) is 22.5 Å². The number of anilines is 1. The fraction of sp³-hybridized carbons (Fsp3) is 0.167. The van der Waals surface area contributed by atoms with Crippen LogP contribution in [0.3, 0.4) is 0 Å². The highest BCUT2D eigenvalue weighted by molar-refractivity contribution is 7.14. The number of carbonyl (C=O) groups is 1. The van der Waals surface area contributed by atoms with Gasteiger partial charge in [-0.25, -0.2) is 9.97 Å². The SMILES string of the molecule is CCCOc1ccc(-c2csc(NC(=O)c3cccnc3Cl)n2)cc1. The molecular formula is C18H16ClN3O2S. The van der Waals surface area contributed by atoms with E-state index in [4.69, 9.17) is 16.3 Å². The van der Waals surface area contributed by atoms with Gasteiger partial charge in [0, 0.05) is 17.1 Å². The van der Waals surface area contributed by atoms with E-state index in [1.807, 2.05) is 29.6 Å². The van der Waals surface area contributed by atoms with Crippen molar-refractivity contribution in [1.82, 2.24) is 9.97 Å². The van der Waals surface area contributed by atoms with Crippen LogP contribution in [0.2, 0.25) is 5.15 Å². The Morgan fingerprint density at radius 2 is 2.08 bits per heavy atom. The molecule has 1 N–H and O–H groups in total. The minimum absolute atomic E-state index is 0.166. The third-order valence-corrected chi connectivity index (χ3v) is 4.41. The zero-order valence-corrected chi connectivity index (χ0v) is 15.1. The van der Waals surface area contributed by atoms with Gasteiger partial charge in [-0.2, -0.15) is 0 Å². The van der Waals surface area contributed by atoms with E-state index in [1.54, 1.807) is 12.1 Å². The minimum atomic E-state index is -0.331. The van der Waals surface area contributed by atoms with Crippen molar-refractivity contribution in [1.29, 1.82) is 0 Å². The first kappa shape index (κ1) is 17.4. The summed E-state index contributed by atoms with van der Waals surface area (Å²) < 4.78 is 5.57. The Balaban J connectivity index is 1.70. The molecule has 5 nitrogen and oxygen atoms in total. The van der Waals surface area contributed by atoms with Gasteiger partial charge in [0.05, 0.1) is 17.9 Å². The molecule has 25 heavy (non-hydrogen) atoms. The Morgan fingerprint density at radius 3 is 2.80 bits per heavy atom. The summed E-state index contributed by atoms with van der Waals surface area (Å²) in [6.45, 7) is 2.77. The van der Waals surface area contributed by atoms with Crippen LogP contribution in [0.25, 0.3) is 11.3 Å². The largest absolute Gasteiger partial charge is 0.494 e. The van der Waals surface area contributed by atoms with Gasteiger partial charge < -0.3 is 4.74 Å². The lowest BCUT2D eigenvalue weighted by atomic mass is 10.2. The maximum absolute atomic E-state index is 12.2. The summed E-state index contributed by atoms with van der Waals surface area (Å²) in [6, 6.07) is 11.0. The Morgan fingerprint density at radius 1 is 1.28 bits per heavy atom. The number of hydrogen-bond acceptors (Lipinski definition) is 5. The average molecular weight is 374 g/mol. The third-order valence-electron chi connectivity index (χ3n) is 3.35. The quantitative estimate of drug-likeness (QED) is 0.624. The van der Waals surface area contributed by atoms with Crippen LogP contribution in [0.4, 0.5) is 5.13 Å². The second kappa shape index (κ2) is 8.09. The Hall–Kier alpha value is -2.44. The van der Waals surface area contributed by atoms with Crippen LogP contribution in [-0.2, 0) is 0 Å². The molecule has 0 spiro atoms. The second-order valence-electron chi connectivity index (χ2n) is 5.21. The maximum atomic E-state index is 12.2. The summed E-state index contributed by atoms with van der Waals surface area (Å²) in [5, 5.41) is 5.31. The highest BCUT2D eigenvalue weighted by Gasteiger charge is 2.13. The number of halogens is 1. The molecule has 7 heteroatoms. The predicted octanol–water partition coefficient (Wildman–Crippen LogP) is 4.90. The van der Waals surface area contributed by atoms with E-state index < -0.39 is 0 Å². The first-order valence-electron chi connectivity index (χ1n) is 7.78. The van der Waals surface area contributed by atoms with Gasteiger partial charge in [0.25, 0.3) is 5.91 Å². The molecule has 1 aromatic carbocycles. The summed E-state index contributed by atoms with van der Waals surface area (Å²) in [7, 11) is 0. The molecule has 0 atom stereocenters. The lowest BCUT2D eigenvalue weighted by molar-refractivity contribution is 0.102. The van der Waals surface area contributed by atoms with Gasteiger partial charge in [0.1, 0.15) is 10.9 Å². The molecule has 2 aromatic heterocycles. The van der Waals surface area contributed by atoms with E-state index in [-0.39, 0.29) is 11.1 Å². The van der Waals surface area contributed by atoms with Crippen molar-refractivity contribution >= 4 is 34.0 Å². The van der Waals surface area contributed by atoms with Gasteiger partial charge in [-0.1, -0.05) is 18.5 Å². The van der Waals surface area contributed by atoms with Crippen molar-refractivity contribution < 1.29 is 9.53 Å².